The largest absolute Gasteiger partial charge is 0.342 e. The van der Waals surface area contributed by atoms with Crippen LogP contribution in [0.1, 0.15) is 29.2 Å². The minimum absolute atomic E-state index is 0.0722. The molecule has 158 valence electrons. The van der Waals surface area contributed by atoms with E-state index in [0.29, 0.717) is 12.2 Å². The summed E-state index contributed by atoms with van der Waals surface area (Å²) in [5.41, 5.74) is 6.28. The van der Waals surface area contributed by atoms with Crippen molar-refractivity contribution in [2.75, 3.05) is 5.32 Å². The van der Waals surface area contributed by atoms with Crippen molar-refractivity contribution >= 4 is 28.6 Å². The summed E-state index contributed by atoms with van der Waals surface area (Å²) in [6.07, 6.45) is 4.61. The molecule has 1 N–H and O–H groups in total. The number of fused-ring (bicyclic) bond motifs is 1. The molecule has 0 saturated carbocycles. The fourth-order valence-electron chi connectivity index (χ4n) is 3.85. The van der Waals surface area contributed by atoms with E-state index in [9.17, 15) is 10.1 Å². The summed E-state index contributed by atoms with van der Waals surface area (Å²) in [6.45, 7) is 4.88. The summed E-state index contributed by atoms with van der Waals surface area (Å²) >= 11 is 0. The Balaban J connectivity index is 1.65. The van der Waals surface area contributed by atoms with Crippen LogP contribution in [-0.4, -0.2) is 10.5 Å². The molecule has 1 aromatic heterocycles. The Kier molecular flexibility index (Phi) is 6.19. The molecular weight excluding hydrogens is 394 g/mol. The normalized spacial score (nSPS) is 11.3. The van der Waals surface area contributed by atoms with Gasteiger partial charge in [0.2, 0.25) is 0 Å². The minimum atomic E-state index is -0.410. The highest BCUT2D eigenvalue weighted by molar-refractivity contribution is 6.10. The molecule has 3 aromatic carbocycles. The summed E-state index contributed by atoms with van der Waals surface area (Å²) in [4.78, 5) is 12.8. The van der Waals surface area contributed by atoms with E-state index in [1.54, 1.807) is 6.08 Å². The molecule has 4 nitrogen and oxygen atoms in total. The molecule has 4 heteroatoms. The molecule has 0 unspecified atom stereocenters. The van der Waals surface area contributed by atoms with Gasteiger partial charge in [0.1, 0.15) is 11.6 Å². The molecule has 32 heavy (non-hydrogen) atoms. The zero-order valence-electron chi connectivity index (χ0n) is 18.3. The highest BCUT2D eigenvalue weighted by Gasteiger charge is 2.13. The molecule has 0 fully saturated rings. The molecule has 0 aliphatic rings. The second-order valence-corrected chi connectivity index (χ2v) is 7.89. The second kappa shape index (κ2) is 9.36. The highest BCUT2D eigenvalue weighted by Crippen LogP contribution is 2.25. The molecule has 0 saturated heterocycles. The van der Waals surface area contributed by atoms with Gasteiger partial charge in [-0.05, 0) is 48.7 Å². The van der Waals surface area contributed by atoms with Gasteiger partial charge in [-0.3, -0.25) is 4.79 Å². The third kappa shape index (κ3) is 4.63. The van der Waals surface area contributed by atoms with Crippen molar-refractivity contribution in [3.63, 3.8) is 0 Å². The van der Waals surface area contributed by atoms with Crippen LogP contribution in [0.3, 0.4) is 0 Å². The van der Waals surface area contributed by atoms with Crippen molar-refractivity contribution in [1.29, 1.82) is 5.26 Å². The van der Waals surface area contributed by atoms with Gasteiger partial charge in [0.15, 0.2) is 0 Å². The topological polar surface area (TPSA) is 57.8 Å². The second-order valence-electron chi connectivity index (χ2n) is 7.89. The van der Waals surface area contributed by atoms with Crippen molar-refractivity contribution in [3.05, 3.63) is 107 Å². The molecule has 0 aliphatic carbocycles. The predicted octanol–water partition coefficient (Wildman–Crippen LogP) is 6.11. The number of carbonyl (C=O) groups excluding carboxylic acids is 1. The number of aromatic nitrogens is 1. The molecule has 0 aliphatic heterocycles. The van der Waals surface area contributed by atoms with Crippen molar-refractivity contribution in [3.8, 4) is 6.07 Å². The maximum Gasteiger partial charge on any atom is 0.266 e. The number of benzene rings is 3. The molecule has 0 spiro atoms. The number of carbonyl (C=O) groups is 1. The maximum atomic E-state index is 12.8. The summed E-state index contributed by atoms with van der Waals surface area (Å²) < 4.78 is 2.16. The highest BCUT2D eigenvalue weighted by atomic mass is 16.1. The number of hydrogen-bond donors (Lipinski definition) is 1. The van der Waals surface area contributed by atoms with E-state index >= 15 is 0 Å². The van der Waals surface area contributed by atoms with Gasteiger partial charge in [0.05, 0.1) is 0 Å². The van der Waals surface area contributed by atoms with Gasteiger partial charge in [-0.1, -0.05) is 67.1 Å². The van der Waals surface area contributed by atoms with Gasteiger partial charge >= 0.3 is 0 Å². The number of hydrogen-bond acceptors (Lipinski definition) is 2. The number of aryl methyl sites for hydroxylation is 2. The molecule has 0 radical (unpaired) electrons. The van der Waals surface area contributed by atoms with Gasteiger partial charge in [-0.2, -0.15) is 5.26 Å². The van der Waals surface area contributed by atoms with Crippen molar-refractivity contribution in [2.45, 2.75) is 26.8 Å². The van der Waals surface area contributed by atoms with Crippen molar-refractivity contribution in [1.82, 2.24) is 4.57 Å². The molecule has 0 atom stereocenters. The Hall–Kier alpha value is -4.10. The molecule has 4 aromatic rings. The van der Waals surface area contributed by atoms with Crippen LogP contribution in [0.4, 0.5) is 5.69 Å². The van der Waals surface area contributed by atoms with E-state index in [1.165, 1.54) is 16.7 Å². The smallest absolute Gasteiger partial charge is 0.266 e. The predicted molar refractivity (Wildman–Crippen MR) is 130 cm³/mol. The molecule has 1 heterocycles. The minimum Gasteiger partial charge on any atom is -0.342 e. The van der Waals surface area contributed by atoms with Gasteiger partial charge < -0.3 is 9.88 Å². The van der Waals surface area contributed by atoms with Gasteiger partial charge in [0, 0.05) is 34.9 Å². The zero-order chi connectivity index (χ0) is 22.5. The molecule has 0 bridgehead atoms. The average molecular weight is 420 g/mol. The van der Waals surface area contributed by atoms with E-state index in [1.807, 2.05) is 48.7 Å². The number of nitriles is 1. The van der Waals surface area contributed by atoms with E-state index in [4.69, 9.17) is 0 Å². The first-order valence-corrected chi connectivity index (χ1v) is 10.7. The van der Waals surface area contributed by atoms with E-state index < -0.39 is 5.91 Å². The lowest BCUT2D eigenvalue weighted by Gasteiger charge is -2.06. The monoisotopic (exact) mass is 419 g/mol. The standard InChI is InChI=1S/C28H25N3O/c1-3-21-11-13-25(14-12-21)30-28(32)23(17-29)16-24-19-31(27-10-5-4-9-26(24)27)18-22-8-6-7-20(2)15-22/h4-16,19H,3,18H2,1-2H3,(H,30,32)/b23-16+. The summed E-state index contributed by atoms with van der Waals surface area (Å²) in [6, 6.07) is 26.2. The van der Waals surface area contributed by atoms with Crippen LogP contribution in [0.2, 0.25) is 0 Å². The number of nitrogens with one attached hydrogen (secondary N) is 1. The van der Waals surface area contributed by atoms with Gasteiger partial charge in [-0.25, -0.2) is 0 Å². The number of amides is 1. The fraction of sp³-hybridized carbons (Fsp3) is 0.143. The molecule has 1 amide bonds. The quantitative estimate of drug-likeness (QED) is 0.303. The van der Waals surface area contributed by atoms with Crippen LogP contribution < -0.4 is 5.32 Å². The summed E-state index contributed by atoms with van der Waals surface area (Å²) in [5.74, 6) is -0.410. The number of rotatable bonds is 6. The average Bonchev–Trinajstić information content (AvgIpc) is 3.15. The van der Waals surface area contributed by atoms with E-state index in [-0.39, 0.29) is 5.57 Å². The van der Waals surface area contributed by atoms with E-state index in [2.05, 4.69) is 60.1 Å². The third-order valence-electron chi connectivity index (χ3n) is 5.54. The number of nitrogens with zero attached hydrogens (tertiary/aromatic N) is 2. The maximum absolute atomic E-state index is 12.8. The Morgan fingerprint density at radius 3 is 2.53 bits per heavy atom. The Morgan fingerprint density at radius 2 is 1.81 bits per heavy atom. The lowest BCUT2D eigenvalue weighted by Crippen LogP contribution is -2.13. The SMILES string of the molecule is CCc1ccc(NC(=O)/C(C#N)=C/c2cn(Cc3cccc(C)c3)c3ccccc23)cc1. The fourth-order valence-corrected chi connectivity index (χ4v) is 3.85. The first-order valence-electron chi connectivity index (χ1n) is 10.7. The van der Waals surface area contributed by atoms with Crippen LogP contribution >= 0.6 is 0 Å². The van der Waals surface area contributed by atoms with Crippen LogP contribution in [-0.2, 0) is 17.8 Å². The summed E-state index contributed by atoms with van der Waals surface area (Å²) in [5, 5.41) is 13.5. The molecule has 4 rings (SSSR count). The Morgan fingerprint density at radius 1 is 1.03 bits per heavy atom. The lowest BCUT2D eigenvalue weighted by molar-refractivity contribution is -0.112. The third-order valence-corrected chi connectivity index (χ3v) is 5.54. The van der Waals surface area contributed by atoms with Crippen molar-refractivity contribution < 1.29 is 4.79 Å². The van der Waals surface area contributed by atoms with Crippen LogP contribution in [0, 0.1) is 18.3 Å². The molecular formula is C28H25N3O. The van der Waals surface area contributed by atoms with Crippen LogP contribution in [0.5, 0.6) is 0 Å². The zero-order valence-corrected chi connectivity index (χ0v) is 18.3. The number of para-hydroxylation sites is 1. The lowest BCUT2D eigenvalue weighted by atomic mass is 10.1. The van der Waals surface area contributed by atoms with Gasteiger partial charge in [0.25, 0.3) is 5.91 Å². The Labute approximate surface area is 188 Å². The Bertz CT molecular complexity index is 1340. The first kappa shape index (κ1) is 21.1. The first-order chi connectivity index (χ1) is 15.6. The van der Waals surface area contributed by atoms with Gasteiger partial charge in [-0.15, -0.1) is 0 Å². The van der Waals surface area contributed by atoms with Crippen LogP contribution in [0.15, 0.2) is 84.6 Å². The van der Waals surface area contributed by atoms with Crippen molar-refractivity contribution in [2.24, 2.45) is 0 Å². The van der Waals surface area contributed by atoms with Crippen LogP contribution in [0.25, 0.3) is 17.0 Å². The number of anilines is 1. The van der Waals surface area contributed by atoms with E-state index in [0.717, 1.165) is 22.9 Å². The summed E-state index contributed by atoms with van der Waals surface area (Å²) in [7, 11) is 0.